The number of nitrogens with one attached hydrogen (secondary N) is 1. The molecule has 15 heavy (non-hydrogen) atoms. The van der Waals surface area contributed by atoms with Crippen LogP contribution in [0.15, 0.2) is 6.20 Å². The van der Waals surface area contributed by atoms with Gasteiger partial charge in [-0.1, -0.05) is 6.92 Å². The highest BCUT2D eigenvalue weighted by Crippen LogP contribution is 2.24. The first-order valence-electron chi connectivity index (χ1n) is 5.68. The van der Waals surface area contributed by atoms with Crippen molar-refractivity contribution in [2.75, 3.05) is 5.32 Å². The van der Waals surface area contributed by atoms with E-state index in [0.717, 1.165) is 37.1 Å². The molecule has 84 valence electrons. The summed E-state index contributed by atoms with van der Waals surface area (Å²) in [7, 11) is 1.93. The van der Waals surface area contributed by atoms with Gasteiger partial charge < -0.3 is 10.4 Å². The number of aliphatic hydroxyl groups is 1. The van der Waals surface area contributed by atoms with Crippen molar-refractivity contribution in [3.63, 3.8) is 0 Å². The third-order valence-electron chi connectivity index (χ3n) is 3.06. The molecule has 0 aromatic carbocycles. The van der Waals surface area contributed by atoms with E-state index in [1.165, 1.54) is 0 Å². The molecule has 2 atom stereocenters. The second kappa shape index (κ2) is 4.23. The molecule has 0 radical (unpaired) electrons. The highest BCUT2D eigenvalue weighted by Gasteiger charge is 2.25. The number of hydrogen-bond acceptors (Lipinski definition) is 3. The van der Waals surface area contributed by atoms with Crippen LogP contribution in [0.4, 0.5) is 5.69 Å². The maximum absolute atomic E-state index is 9.73. The van der Waals surface area contributed by atoms with Crippen molar-refractivity contribution in [1.29, 1.82) is 0 Å². The third-order valence-corrected chi connectivity index (χ3v) is 3.06. The fourth-order valence-electron chi connectivity index (χ4n) is 2.22. The van der Waals surface area contributed by atoms with Gasteiger partial charge in [0.25, 0.3) is 0 Å². The molecule has 2 unspecified atom stereocenters. The van der Waals surface area contributed by atoms with Crippen LogP contribution in [0.1, 0.15) is 31.9 Å². The Morgan fingerprint density at radius 3 is 3.00 bits per heavy atom. The highest BCUT2D eigenvalue weighted by molar-refractivity contribution is 5.47. The maximum atomic E-state index is 9.73. The Balaban J connectivity index is 2.09. The van der Waals surface area contributed by atoms with Gasteiger partial charge in [0.1, 0.15) is 0 Å². The molecule has 4 heteroatoms. The summed E-state index contributed by atoms with van der Waals surface area (Å²) in [4.78, 5) is 0. The molecule has 2 N–H and O–H groups in total. The van der Waals surface area contributed by atoms with Gasteiger partial charge >= 0.3 is 0 Å². The fourth-order valence-corrected chi connectivity index (χ4v) is 2.22. The molecule has 1 aliphatic carbocycles. The zero-order valence-corrected chi connectivity index (χ0v) is 9.40. The van der Waals surface area contributed by atoms with Gasteiger partial charge in [0, 0.05) is 13.2 Å². The molecule has 4 nitrogen and oxygen atoms in total. The van der Waals surface area contributed by atoms with Crippen LogP contribution in [-0.2, 0) is 13.5 Å². The Morgan fingerprint density at radius 2 is 2.40 bits per heavy atom. The van der Waals surface area contributed by atoms with E-state index in [4.69, 9.17) is 0 Å². The number of aromatic nitrogens is 2. The minimum Gasteiger partial charge on any atom is -0.391 e. The van der Waals surface area contributed by atoms with Crippen molar-refractivity contribution in [3.8, 4) is 0 Å². The number of hydrogen-bond donors (Lipinski definition) is 2. The second-order valence-electron chi connectivity index (χ2n) is 4.27. The van der Waals surface area contributed by atoms with Crippen LogP contribution in [0.3, 0.4) is 0 Å². The van der Waals surface area contributed by atoms with E-state index in [2.05, 4.69) is 17.3 Å². The molecule has 0 saturated heterocycles. The Hall–Kier alpha value is -1.03. The number of aliphatic hydroxyl groups excluding tert-OH is 1. The predicted molar refractivity (Wildman–Crippen MR) is 59.9 cm³/mol. The average Bonchev–Trinajstić information content (AvgIpc) is 2.75. The van der Waals surface area contributed by atoms with Gasteiger partial charge in [0.2, 0.25) is 0 Å². The van der Waals surface area contributed by atoms with Crippen LogP contribution >= 0.6 is 0 Å². The summed E-state index contributed by atoms with van der Waals surface area (Å²) in [6.07, 6.45) is 5.80. The number of nitrogens with zero attached hydrogens (tertiary/aromatic N) is 2. The Morgan fingerprint density at radius 1 is 1.60 bits per heavy atom. The fraction of sp³-hybridized carbons (Fsp3) is 0.727. The summed E-state index contributed by atoms with van der Waals surface area (Å²) in [5.74, 6) is 0. The normalized spacial score (nSPS) is 25.8. The zero-order valence-electron chi connectivity index (χ0n) is 9.40. The SMILES string of the molecule is CCc1nn(C)cc1NC1CCCC1O. The average molecular weight is 209 g/mol. The predicted octanol–water partition coefficient (Wildman–Crippen LogP) is 1.31. The largest absolute Gasteiger partial charge is 0.391 e. The molecule has 0 aliphatic heterocycles. The van der Waals surface area contributed by atoms with Gasteiger partial charge in [0.15, 0.2) is 0 Å². The van der Waals surface area contributed by atoms with Crippen LogP contribution in [0.25, 0.3) is 0 Å². The summed E-state index contributed by atoms with van der Waals surface area (Å²) in [6, 6.07) is 0.208. The van der Waals surface area contributed by atoms with E-state index in [-0.39, 0.29) is 12.1 Å². The van der Waals surface area contributed by atoms with Gasteiger partial charge in [-0.25, -0.2) is 0 Å². The standard InChI is InChI=1S/C11H19N3O/c1-3-8-10(7-14(2)13-8)12-9-5-4-6-11(9)15/h7,9,11-12,15H,3-6H2,1-2H3. The van der Waals surface area contributed by atoms with Crippen molar-refractivity contribution in [2.24, 2.45) is 7.05 Å². The van der Waals surface area contributed by atoms with Gasteiger partial charge in [-0.3, -0.25) is 4.68 Å². The van der Waals surface area contributed by atoms with Crippen LogP contribution in [0.2, 0.25) is 0 Å². The van der Waals surface area contributed by atoms with Gasteiger partial charge in [-0.05, 0) is 25.7 Å². The quantitative estimate of drug-likeness (QED) is 0.789. The Kier molecular flexibility index (Phi) is 2.95. The van der Waals surface area contributed by atoms with Crippen molar-refractivity contribution >= 4 is 5.69 Å². The first-order chi connectivity index (χ1) is 7.20. The highest BCUT2D eigenvalue weighted by atomic mass is 16.3. The van der Waals surface area contributed by atoms with Gasteiger partial charge in [-0.15, -0.1) is 0 Å². The van der Waals surface area contributed by atoms with Crippen LogP contribution < -0.4 is 5.32 Å². The molecule has 1 fully saturated rings. The van der Waals surface area contributed by atoms with Crippen molar-refractivity contribution in [3.05, 3.63) is 11.9 Å². The number of rotatable bonds is 3. The Bertz CT molecular complexity index is 335. The van der Waals surface area contributed by atoms with Crippen molar-refractivity contribution in [2.45, 2.75) is 44.8 Å². The van der Waals surface area contributed by atoms with Crippen LogP contribution in [0.5, 0.6) is 0 Å². The van der Waals surface area contributed by atoms with Crippen LogP contribution in [0, 0.1) is 0 Å². The maximum Gasteiger partial charge on any atom is 0.0853 e. The van der Waals surface area contributed by atoms with Gasteiger partial charge in [0.05, 0.1) is 23.5 Å². The van der Waals surface area contributed by atoms with E-state index in [0.29, 0.717) is 0 Å². The smallest absolute Gasteiger partial charge is 0.0853 e. The first-order valence-corrected chi connectivity index (χ1v) is 5.68. The zero-order chi connectivity index (χ0) is 10.8. The first kappa shape index (κ1) is 10.5. The van der Waals surface area contributed by atoms with Crippen molar-refractivity contribution < 1.29 is 5.11 Å². The molecule has 1 aromatic rings. The molecule has 0 spiro atoms. The van der Waals surface area contributed by atoms with Gasteiger partial charge in [-0.2, -0.15) is 5.10 Å². The molecule has 1 heterocycles. The summed E-state index contributed by atoms with van der Waals surface area (Å²) in [6.45, 7) is 2.10. The summed E-state index contributed by atoms with van der Waals surface area (Å²) in [5, 5.41) is 17.5. The van der Waals surface area contributed by atoms with E-state index < -0.39 is 0 Å². The topological polar surface area (TPSA) is 50.1 Å². The van der Waals surface area contributed by atoms with Crippen LogP contribution in [-0.4, -0.2) is 27.0 Å². The third kappa shape index (κ3) is 2.15. The summed E-state index contributed by atoms with van der Waals surface area (Å²) < 4.78 is 1.82. The lowest BCUT2D eigenvalue weighted by molar-refractivity contribution is 0.172. The lowest BCUT2D eigenvalue weighted by Crippen LogP contribution is -2.28. The monoisotopic (exact) mass is 209 g/mol. The number of anilines is 1. The Labute approximate surface area is 90.3 Å². The van der Waals surface area contributed by atoms with E-state index >= 15 is 0 Å². The minimum atomic E-state index is -0.199. The molecule has 2 rings (SSSR count). The molecule has 1 saturated carbocycles. The molecule has 1 aliphatic rings. The molecule has 0 bridgehead atoms. The second-order valence-corrected chi connectivity index (χ2v) is 4.27. The van der Waals surface area contributed by atoms with E-state index in [9.17, 15) is 5.11 Å². The minimum absolute atomic E-state index is 0.199. The van der Waals surface area contributed by atoms with Crippen molar-refractivity contribution in [1.82, 2.24) is 9.78 Å². The lowest BCUT2D eigenvalue weighted by atomic mass is 10.2. The summed E-state index contributed by atoms with van der Waals surface area (Å²) >= 11 is 0. The molecular weight excluding hydrogens is 190 g/mol. The lowest BCUT2D eigenvalue weighted by Gasteiger charge is -2.17. The van der Waals surface area contributed by atoms with E-state index in [1.807, 2.05) is 17.9 Å². The number of aryl methyl sites for hydroxylation is 2. The summed E-state index contributed by atoms with van der Waals surface area (Å²) in [5.41, 5.74) is 2.16. The van der Waals surface area contributed by atoms with E-state index in [1.54, 1.807) is 0 Å². The molecular formula is C11H19N3O. The molecule has 1 aromatic heterocycles. The molecule has 0 amide bonds.